The molecule has 1 saturated carbocycles. The molecule has 0 atom stereocenters. The number of aryl methyl sites for hydroxylation is 2. The average Bonchev–Trinajstić information content (AvgIpc) is 2.71. The van der Waals surface area contributed by atoms with Gasteiger partial charge < -0.3 is 0 Å². The molecule has 2 rings (SSSR count). The molecule has 1 fully saturated rings. The van der Waals surface area contributed by atoms with Crippen LogP contribution >= 0.6 is 0 Å². The molecule has 2 heteroatoms. The molecule has 0 amide bonds. The van der Waals surface area contributed by atoms with Crippen LogP contribution in [0.5, 0.6) is 0 Å². The minimum atomic E-state index is 0.976. The lowest BCUT2D eigenvalue weighted by Gasteiger charge is -2.07. The monoisotopic (exact) mass is 178 g/mol. The van der Waals surface area contributed by atoms with E-state index < -0.39 is 0 Å². The summed E-state index contributed by atoms with van der Waals surface area (Å²) in [7, 11) is 0. The smallest absolute Gasteiger partial charge is 0.0593 e. The van der Waals surface area contributed by atoms with E-state index in [2.05, 4.69) is 22.0 Å². The first-order chi connectivity index (χ1) is 6.34. The summed E-state index contributed by atoms with van der Waals surface area (Å²) in [5.41, 5.74) is 1.13. The van der Waals surface area contributed by atoms with Crippen molar-refractivity contribution in [3.05, 3.63) is 18.0 Å². The van der Waals surface area contributed by atoms with Crippen molar-refractivity contribution in [1.29, 1.82) is 0 Å². The minimum absolute atomic E-state index is 0.976. The third-order valence-electron chi connectivity index (χ3n) is 3.02. The molecule has 0 saturated heterocycles. The van der Waals surface area contributed by atoms with Crippen molar-refractivity contribution in [2.75, 3.05) is 0 Å². The molecule has 1 aromatic rings. The zero-order valence-corrected chi connectivity index (χ0v) is 8.37. The van der Waals surface area contributed by atoms with E-state index in [4.69, 9.17) is 0 Å². The van der Waals surface area contributed by atoms with Crippen LogP contribution in [-0.4, -0.2) is 9.78 Å². The normalized spacial score (nSPS) is 18.2. The van der Waals surface area contributed by atoms with Crippen molar-refractivity contribution < 1.29 is 0 Å². The van der Waals surface area contributed by atoms with E-state index in [1.165, 1.54) is 32.1 Å². The zero-order valence-electron chi connectivity index (χ0n) is 8.37. The van der Waals surface area contributed by atoms with Crippen LogP contribution in [0.25, 0.3) is 0 Å². The van der Waals surface area contributed by atoms with Gasteiger partial charge in [-0.15, -0.1) is 0 Å². The fourth-order valence-electron chi connectivity index (χ4n) is 2.20. The zero-order chi connectivity index (χ0) is 9.10. The van der Waals surface area contributed by atoms with Gasteiger partial charge in [0.1, 0.15) is 0 Å². The fourth-order valence-corrected chi connectivity index (χ4v) is 2.20. The van der Waals surface area contributed by atoms with Crippen LogP contribution in [0.2, 0.25) is 0 Å². The Morgan fingerprint density at radius 1 is 1.46 bits per heavy atom. The highest BCUT2D eigenvalue weighted by atomic mass is 15.3. The third kappa shape index (κ3) is 2.33. The van der Waals surface area contributed by atoms with Crippen LogP contribution in [0, 0.1) is 12.8 Å². The van der Waals surface area contributed by atoms with Gasteiger partial charge >= 0.3 is 0 Å². The predicted molar refractivity (Wildman–Crippen MR) is 53.5 cm³/mol. The highest BCUT2D eigenvalue weighted by Gasteiger charge is 2.14. The van der Waals surface area contributed by atoms with E-state index in [1.54, 1.807) is 0 Å². The van der Waals surface area contributed by atoms with Crippen molar-refractivity contribution >= 4 is 0 Å². The Hall–Kier alpha value is -0.790. The summed E-state index contributed by atoms with van der Waals surface area (Å²) in [6, 6.07) is 2.08. The minimum Gasteiger partial charge on any atom is -0.272 e. The number of rotatable bonds is 3. The Morgan fingerprint density at radius 3 is 2.85 bits per heavy atom. The molecule has 0 unspecified atom stereocenters. The van der Waals surface area contributed by atoms with Crippen molar-refractivity contribution in [3.63, 3.8) is 0 Å². The van der Waals surface area contributed by atoms with E-state index in [9.17, 15) is 0 Å². The van der Waals surface area contributed by atoms with Gasteiger partial charge in [-0.25, -0.2) is 0 Å². The van der Waals surface area contributed by atoms with Crippen LogP contribution in [0.15, 0.2) is 12.3 Å². The second-order valence-electron chi connectivity index (χ2n) is 4.16. The highest BCUT2D eigenvalue weighted by molar-refractivity contribution is 4.94. The van der Waals surface area contributed by atoms with E-state index in [0.29, 0.717) is 0 Å². The van der Waals surface area contributed by atoms with E-state index in [1.807, 2.05) is 6.92 Å². The number of hydrogen-bond donors (Lipinski definition) is 0. The molecule has 1 aromatic heterocycles. The highest BCUT2D eigenvalue weighted by Crippen LogP contribution is 2.27. The fraction of sp³-hybridized carbons (Fsp3) is 0.727. The first-order valence-electron chi connectivity index (χ1n) is 5.34. The van der Waals surface area contributed by atoms with Gasteiger partial charge in [0.25, 0.3) is 0 Å². The molecule has 0 aromatic carbocycles. The first-order valence-corrected chi connectivity index (χ1v) is 5.34. The lowest BCUT2D eigenvalue weighted by molar-refractivity contribution is 0.439. The van der Waals surface area contributed by atoms with E-state index in [-0.39, 0.29) is 0 Å². The maximum Gasteiger partial charge on any atom is 0.0593 e. The van der Waals surface area contributed by atoms with Gasteiger partial charge in [0.2, 0.25) is 0 Å². The van der Waals surface area contributed by atoms with Crippen molar-refractivity contribution in [2.45, 2.75) is 45.6 Å². The predicted octanol–water partition coefficient (Wildman–Crippen LogP) is 2.77. The van der Waals surface area contributed by atoms with Gasteiger partial charge in [0.15, 0.2) is 0 Å². The first kappa shape index (κ1) is 8.79. The molecule has 13 heavy (non-hydrogen) atoms. The second-order valence-corrected chi connectivity index (χ2v) is 4.16. The van der Waals surface area contributed by atoms with Crippen molar-refractivity contribution in [1.82, 2.24) is 9.78 Å². The Labute approximate surface area is 80.0 Å². The molecule has 0 bridgehead atoms. The standard InChI is InChI=1S/C11H18N2/c1-10-6-8-13(12-10)9-7-11-4-2-3-5-11/h6,8,11H,2-5,7,9H2,1H3. The quantitative estimate of drug-likeness (QED) is 0.696. The summed E-state index contributed by atoms with van der Waals surface area (Å²) in [6.45, 7) is 3.16. The average molecular weight is 178 g/mol. The molecule has 2 nitrogen and oxygen atoms in total. The Bertz CT molecular complexity index is 259. The van der Waals surface area contributed by atoms with Crippen LogP contribution in [0.4, 0.5) is 0 Å². The maximum atomic E-state index is 4.39. The summed E-state index contributed by atoms with van der Waals surface area (Å²) in [6.07, 6.45) is 9.19. The van der Waals surface area contributed by atoms with Gasteiger partial charge in [-0.05, 0) is 25.3 Å². The van der Waals surface area contributed by atoms with Crippen LogP contribution in [-0.2, 0) is 6.54 Å². The van der Waals surface area contributed by atoms with Gasteiger partial charge in [-0.2, -0.15) is 5.10 Å². The van der Waals surface area contributed by atoms with Gasteiger partial charge in [0, 0.05) is 12.7 Å². The molecule has 1 heterocycles. The van der Waals surface area contributed by atoms with Crippen LogP contribution in [0.1, 0.15) is 37.8 Å². The number of hydrogen-bond acceptors (Lipinski definition) is 1. The topological polar surface area (TPSA) is 17.8 Å². The molecule has 1 aliphatic rings. The molecule has 0 aliphatic heterocycles. The summed E-state index contributed by atoms with van der Waals surface area (Å²) in [4.78, 5) is 0. The summed E-state index contributed by atoms with van der Waals surface area (Å²) < 4.78 is 2.08. The number of aromatic nitrogens is 2. The summed E-state index contributed by atoms with van der Waals surface area (Å²) in [5, 5.41) is 4.39. The molecule has 0 spiro atoms. The lowest BCUT2D eigenvalue weighted by atomic mass is 10.0. The van der Waals surface area contributed by atoms with Crippen LogP contribution < -0.4 is 0 Å². The van der Waals surface area contributed by atoms with E-state index in [0.717, 1.165) is 18.2 Å². The largest absolute Gasteiger partial charge is 0.272 e. The molecular weight excluding hydrogens is 160 g/mol. The van der Waals surface area contributed by atoms with Gasteiger partial charge in [0.05, 0.1) is 5.69 Å². The molecule has 0 radical (unpaired) electrons. The second kappa shape index (κ2) is 3.95. The molecule has 72 valence electrons. The SMILES string of the molecule is Cc1ccn(CCC2CCCC2)n1. The Morgan fingerprint density at radius 2 is 2.23 bits per heavy atom. The van der Waals surface area contributed by atoms with Gasteiger partial charge in [-0.1, -0.05) is 25.7 Å². The number of nitrogens with zero attached hydrogens (tertiary/aromatic N) is 2. The third-order valence-corrected chi connectivity index (χ3v) is 3.02. The summed E-state index contributed by atoms with van der Waals surface area (Å²) in [5.74, 6) is 0.976. The Balaban J connectivity index is 1.78. The summed E-state index contributed by atoms with van der Waals surface area (Å²) >= 11 is 0. The van der Waals surface area contributed by atoms with Crippen molar-refractivity contribution in [2.24, 2.45) is 5.92 Å². The lowest BCUT2D eigenvalue weighted by Crippen LogP contribution is -2.04. The molecule has 1 aliphatic carbocycles. The molecular formula is C11H18N2. The van der Waals surface area contributed by atoms with Gasteiger partial charge in [-0.3, -0.25) is 4.68 Å². The van der Waals surface area contributed by atoms with Crippen LogP contribution in [0.3, 0.4) is 0 Å². The maximum absolute atomic E-state index is 4.39. The van der Waals surface area contributed by atoms with E-state index >= 15 is 0 Å². The molecule has 0 N–H and O–H groups in total. The van der Waals surface area contributed by atoms with Crippen molar-refractivity contribution in [3.8, 4) is 0 Å². The Kier molecular flexibility index (Phi) is 2.67.